The second-order valence-electron chi connectivity index (χ2n) is 4.77. The number of hydrogen-bond acceptors (Lipinski definition) is 3. The van der Waals surface area contributed by atoms with Crippen molar-refractivity contribution in [3.05, 3.63) is 29.8 Å². The van der Waals surface area contributed by atoms with Crippen molar-refractivity contribution in [1.82, 2.24) is 0 Å². The van der Waals surface area contributed by atoms with Crippen LogP contribution in [0.25, 0.3) is 0 Å². The van der Waals surface area contributed by atoms with Crippen molar-refractivity contribution in [3.63, 3.8) is 0 Å². The number of Topliss-reactive ketones (excluding diaryl/α,β-unsaturated/α-hetero) is 1. The summed E-state index contributed by atoms with van der Waals surface area (Å²) in [5.74, 6) is 1.52. The number of rotatable bonds is 9. The maximum atomic E-state index is 12.1. The van der Waals surface area contributed by atoms with Crippen LogP contribution in [0.3, 0.4) is 0 Å². The first-order valence-corrected chi connectivity index (χ1v) is 7.17. The number of hydrogen-bond donors (Lipinski definition) is 1. The first kappa shape index (κ1) is 15.7. The van der Waals surface area contributed by atoms with Crippen LogP contribution in [0.5, 0.6) is 5.75 Å². The van der Waals surface area contributed by atoms with Crippen LogP contribution >= 0.6 is 0 Å². The summed E-state index contributed by atoms with van der Waals surface area (Å²) in [6, 6.07) is 7.43. The highest BCUT2D eigenvalue weighted by Crippen LogP contribution is 2.19. The molecule has 0 aliphatic rings. The number of ether oxygens (including phenoxy) is 1. The van der Waals surface area contributed by atoms with Gasteiger partial charge in [-0.15, -0.1) is 0 Å². The van der Waals surface area contributed by atoms with E-state index in [2.05, 4.69) is 6.92 Å². The molecule has 3 nitrogen and oxygen atoms in total. The van der Waals surface area contributed by atoms with Crippen molar-refractivity contribution in [2.45, 2.75) is 39.5 Å². The molecule has 0 aliphatic heterocycles. The topological polar surface area (TPSA) is 52.3 Å². The van der Waals surface area contributed by atoms with E-state index < -0.39 is 0 Å². The normalized spacial score (nSPS) is 12.2. The van der Waals surface area contributed by atoms with Gasteiger partial charge in [0.25, 0.3) is 0 Å². The number of ketones is 1. The van der Waals surface area contributed by atoms with Crippen molar-refractivity contribution in [1.29, 1.82) is 0 Å². The van der Waals surface area contributed by atoms with Crippen molar-refractivity contribution < 1.29 is 9.53 Å². The molecule has 19 heavy (non-hydrogen) atoms. The molecule has 1 atom stereocenters. The molecule has 0 aromatic heterocycles. The van der Waals surface area contributed by atoms with Gasteiger partial charge in [0.05, 0.1) is 6.61 Å². The van der Waals surface area contributed by atoms with Crippen LogP contribution in [0.15, 0.2) is 24.3 Å². The summed E-state index contributed by atoms with van der Waals surface area (Å²) in [6.45, 7) is 5.41. The zero-order chi connectivity index (χ0) is 14.1. The Hall–Kier alpha value is -1.35. The largest absolute Gasteiger partial charge is 0.494 e. The first-order valence-electron chi connectivity index (χ1n) is 7.17. The molecule has 1 aromatic carbocycles. The van der Waals surface area contributed by atoms with Gasteiger partial charge in [0.1, 0.15) is 5.75 Å². The predicted molar refractivity (Wildman–Crippen MR) is 78.6 cm³/mol. The third-order valence-electron chi connectivity index (χ3n) is 3.40. The zero-order valence-corrected chi connectivity index (χ0v) is 12.0. The first-order chi connectivity index (χ1) is 9.21. The van der Waals surface area contributed by atoms with E-state index >= 15 is 0 Å². The molecular weight excluding hydrogens is 238 g/mol. The summed E-state index contributed by atoms with van der Waals surface area (Å²) in [7, 11) is 0. The van der Waals surface area contributed by atoms with Crippen molar-refractivity contribution in [2.75, 3.05) is 13.2 Å². The van der Waals surface area contributed by atoms with E-state index in [0.29, 0.717) is 25.5 Å². The highest BCUT2D eigenvalue weighted by molar-refractivity contribution is 5.96. The van der Waals surface area contributed by atoms with Gasteiger partial charge in [0.15, 0.2) is 5.78 Å². The Bertz CT molecular complexity index is 390. The van der Waals surface area contributed by atoms with Crippen LogP contribution < -0.4 is 10.5 Å². The minimum absolute atomic E-state index is 0.192. The van der Waals surface area contributed by atoms with Crippen LogP contribution in [-0.2, 0) is 0 Å². The van der Waals surface area contributed by atoms with Crippen LogP contribution in [-0.4, -0.2) is 18.9 Å². The molecule has 0 saturated carbocycles. The van der Waals surface area contributed by atoms with Crippen molar-refractivity contribution in [3.8, 4) is 5.75 Å². The van der Waals surface area contributed by atoms with Crippen LogP contribution in [0.2, 0.25) is 0 Å². The number of carbonyl (C=O) groups is 1. The molecule has 0 saturated heterocycles. The minimum atomic E-state index is 0.192. The molecule has 1 aromatic rings. The Balaban J connectivity index is 2.55. The number of nitrogens with two attached hydrogens (primary N) is 1. The van der Waals surface area contributed by atoms with Gasteiger partial charge >= 0.3 is 0 Å². The van der Waals surface area contributed by atoms with Crippen LogP contribution in [0.1, 0.15) is 49.9 Å². The van der Waals surface area contributed by atoms with E-state index in [1.165, 1.54) is 0 Å². The highest BCUT2D eigenvalue weighted by Gasteiger charge is 2.11. The summed E-state index contributed by atoms with van der Waals surface area (Å²) in [5.41, 5.74) is 6.32. The predicted octanol–water partition coefficient (Wildman–Crippen LogP) is 3.42. The number of benzene rings is 1. The van der Waals surface area contributed by atoms with E-state index in [0.717, 1.165) is 30.6 Å². The maximum Gasteiger partial charge on any atom is 0.163 e. The Morgan fingerprint density at radius 2 is 2.11 bits per heavy atom. The zero-order valence-electron chi connectivity index (χ0n) is 12.0. The summed E-state index contributed by atoms with van der Waals surface area (Å²) >= 11 is 0. The van der Waals surface area contributed by atoms with Gasteiger partial charge in [-0.3, -0.25) is 4.79 Å². The third-order valence-corrected chi connectivity index (χ3v) is 3.40. The maximum absolute atomic E-state index is 12.1. The van der Waals surface area contributed by atoms with Gasteiger partial charge in [-0.1, -0.05) is 25.5 Å². The molecule has 2 N–H and O–H groups in total. The molecule has 1 unspecified atom stereocenters. The molecule has 1 rings (SSSR count). The Kier molecular flexibility index (Phi) is 7.19. The second-order valence-corrected chi connectivity index (χ2v) is 4.77. The van der Waals surface area contributed by atoms with Crippen molar-refractivity contribution >= 4 is 5.78 Å². The van der Waals surface area contributed by atoms with Gasteiger partial charge in [-0.2, -0.15) is 0 Å². The monoisotopic (exact) mass is 263 g/mol. The van der Waals surface area contributed by atoms with Crippen LogP contribution in [0.4, 0.5) is 0 Å². The Labute approximate surface area is 116 Å². The lowest BCUT2D eigenvalue weighted by Crippen LogP contribution is -2.10. The van der Waals surface area contributed by atoms with E-state index in [1.807, 2.05) is 31.2 Å². The van der Waals surface area contributed by atoms with Gasteiger partial charge in [-0.25, -0.2) is 0 Å². The lowest BCUT2D eigenvalue weighted by molar-refractivity contribution is 0.0972. The molecule has 0 amide bonds. The molecule has 0 spiro atoms. The second kappa shape index (κ2) is 8.70. The molecule has 106 valence electrons. The van der Waals surface area contributed by atoms with Gasteiger partial charge in [0, 0.05) is 12.0 Å². The molecule has 0 heterocycles. The van der Waals surface area contributed by atoms with Crippen LogP contribution in [0, 0.1) is 5.92 Å². The minimum Gasteiger partial charge on any atom is -0.494 e. The lowest BCUT2D eigenvalue weighted by atomic mass is 9.94. The average Bonchev–Trinajstić information content (AvgIpc) is 2.43. The van der Waals surface area contributed by atoms with E-state index in [4.69, 9.17) is 10.5 Å². The van der Waals surface area contributed by atoms with E-state index in [1.54, 1.807) is 0 Å². The standard InChI is InChI=1S/C16H25NO2/c1-3-13(10-11-17)8-9-16(18)14-6-5-7-15(12-14)19-4-2/h5-7,12-13H,3-4,8-11,17H2,1-2H3. The van der Waals surface area contributed by atoms with Crippen molar-refractivity contribution in [2.24, 2.45) is 11.7 Å². The Morgan fingerprint density at radius 1 is 1.32 bits per heavy atom. The van der Waals surface area contributed by atoms with E-state index in [9.17, 15) is 4.79 Å². The van der Waals surface area contributed by atoms with E-state index in [-0.39, 0.29) is 5.78 Å². The molecule has 0 fully saturated rings. The quantitative estimate of drug-likeness (QED) is 0.694. The number of carbonyl (C=O) groups excluding carboxylic acids is 1. The van der Waals surface area contributed by atoms with Gasteiger partial charge < -0.3 is 10.5 Å². The molecule has 0 aliphatic carbocycles. The summed E-state index contributed by atoms with van der Waals surface area (Å²) < 4.78 is 5.41. The Morgan fingerprint density at radius 3 is 2.74 bits per heavy atom. The lowest BCUT2D eigenvalue weighted by Gasteiger charge is -2.13. The average molecular weight is 263 g/mol. The summed E-state index contributed by atoms with van der Waals surface area (Å²) in [6.07, 6.45) is 3.60. The smallest absolute Gasteiger partial charge is 0.163 e. The molecular formula is C16H25NO2. The fraction of sp³-hybridized carbons (Fsp3) is 0.562. The third kappa shape index (κ3) is 5.43. The fourth-order valence-corrected chi connectivity index (χ4v) is 2.19. The molecule has 0 bridgehead atoms. The fourth-order valence-electron chi connectivity index (χ4n) is 2.19. The molecule has 3 heteroatoms. The SMILES string of the molecule is CCOc1cccc(C(=O)CCC(CC)CCN)c1. The highest BCUT2D eigenvalue weighted by atomic mass is 16.5. The molecule has 0 radical (unpaired) electrons. The van der Waals surface area contributed by atoms with Gasteiger partial charge in [-0.05, 0) is 44.4 Å². The summed E-state index contributed by atoms with van der Waals surface area (Å²) in [5, 5.41) is 0. The van der Waals surface area contributed by atoms with Gasteiger partial charge in [0.2, 0.25) is 0 Å². The summed E-state index contributed by atoms with van der Waals surface area (Å²) in [4.78, 5) is 12.1.